The van der Waals surface area contributed by atoms with Crippen LogP contribution in [0.5, 0.6) is 0 Å². The van der Waals surface area contributed by atoms with Crippen LogP contribution in [0.4, 0.5) is 19.2 Å². The van der Waals surface area contributed by atoms with Crippen molar-refractivity contribution in [1.82, 2.24) is 0 Å². The minimum absolute atomic E-state index is 0.165. The van der Waals surface area contributed by atoms with Crippen molar-refractivity contribution in [2.75, 3.05) is 26.4 Å². The van der Waals surface area contributed by atoms with Crippen molar-refractivity contribution >= 4 is 24.6 Å². The fourth-order valence-electron chi connectivity index (χ4n) is 0.725. The van der Waals surface area contributed by atoms with Crippen molar-refractivity contribution in [3.05, 3.63) is 0 Å². The van der Waals surface area contributed by atoms with Gasteiger partial charge in [0.05, 0.1) is 26.4 Å². The summed E-state index contributed by atoms with van der Waals surface area (Å²) in [6, 6.07) is 0. The summed E-state index contributed by atoms with van der Waals surface area (Å²) < 4.78 is 25.2. The third kappa shape index (κ3) is 15.5. The normalized spacial score (nSPS) is 8.55. The van der Waals surface area contributed by atoms with Crippen LogP contribution in [-0.4, -0.2) is 51.0 Å². The zero-order chi connectivity index (χ0) is 17.4. The Labute approximate surface area is 127 Å². The van der Waals surface area contributed by atoms with Gasteiger partial charge in [-0.3, -0.25) is 0 Å². The molecular weight excluding hydrogens is 304 g/mol. The van der Waals surface area contributed by atoms with Crippen LogP contribution in [0.25, 0.3) is 0 Å². The standard InChI is InChI=1S/2C6H10O5/c2*1-3-9-5(7)11-6(8)10-4-2/h2*3-4H2,1-2H3. The molecule has 0 aliphatic carbocycles. The van der Waals surface area contributed by atoms with Crippen molar-refractivity contribution in [2.45, 2.75) is 27.7 Å². The fraction of sp³-hybridized carbons (Fsp3) is 0.667. The molecule has 0 aliphatic heterocycles. The smallest absolute Gasteiger partial charge is 0.434 e. The maximum absolute atomic E-state index is 10.4. The van der Waals surface area contributed by atoms with Crippen molar-refractivity contribution in [2.24, 2.45) is 0 Å². The van der Waals surface area contributed by atoms with E-state index in [4.69, 9.17) is 0 Å². The zero-order valence-corrected chi connectivity index (χ0v) is 12.9. The minimum Gasteiger partial charge on any atom is -0.434 e. The van der Waals surface area contributed by atoms with Crippen LogP contribution in [0, 0.1) is 0 Å². The molecular formula is C12H20O10. The van der Waals surface area contributed by atoms with E-state index in [1.807, 2.05) is 0 Å². The monoisotopic (exact) mass is 324 g/mol. The van der Waals surface area contributed by atoms with Crippen LogP contribution in [0.1, 0.15) is 27.7 Å². The molecule has 0 aliphatic rings. The topological polar surface area (TPSA) is 124 Å². The van der Waals surface area contributed by atoms with Gasteiger partial charge in [-0.15, -0.1) is 0 Å². The summed E-state index contributed by atoms with van der Waals surface area (Å²) >= 11 is 0. The molecule has 0 amide bonds. The van der Waals surface area contributed by atoms with Crippen molar-refractivity contribution in [1.29, 1.82) is 0 Å². The number of carbonyl (C=O) groups is 4. The quantitative estimate of drug-likeness (QED) is 0.433. The van der Waals surface area contributed by atoms with Gasteiger partial charge in [0.15, 0.2) is 0 Å². The lowest BCUT2D eigenvalue weighted by atomic mass is 10.9. The lowest BCUT2D eigenvalue weighted by Gasteiger charge is -2.01. The Hall–Kier alpha value is -2.52. The number of rotatable bonds is 4. The molecule has 0 aromatic rings. The highest BCUT2D eigenvalue weighted by molar-refractivity contribution is 5.77. The second-order valence-electron chi connectivity index (χ2n) is 2.94. The molecule has 10 nitrogen and oxygen atoms in total. The number of hydrogen-bond acceptors (Lipinski definition) is 10. The molecule has 0 aromatic heterocycles. The van der Waals surface area contributed by atoms with E-state index in [-0.39, 0.29) is 26.4 Å². The summed E-state index contributed by atoms with van der Waals surface area (Å²) in [5.74, 6) is 0. The number of carbonyl (C=O) groups excluding carboxylic acids is 4. The van der Waals surface area contributed by atoms with Crippen molar-refractivity contribution < 1.29 is 47.6 Å². The Morgan fingerprint density at radius 3 is 0.818 bits per heavy atom. The second-order valence-corrected chi connectivity index (χ2v) is 2.94. The first-order valence-electron chi connectivity index (χ1n) is 6.43. The Bertz CT molecular complexity index is 286. The first-order valence-corrected chi connectivity index (χ1v) is 6.43. The molecule has 0 heterocycles. The zero-order valence-electron chi connectivity index (χ0n) is 12.9. The fourth-order valence-corrected chi connectivity index (χ4v) is 0.725. The van der Waals surface area contributed by atoms with Crippen LogP contribution in [-0.2, 0) is 28.4 Å². The molecule has 0 saturated heterocycles. The summed E-state index contributed by atoms with van der Waals surface area (Å²) in [4.78, 5) is 41.5. The molecule has 128 valence electrons. The summed E-state index contributed by atoms with van der Waals surface area (Å²) in [5.41, 5.74) is 0. The lowest BCUT2D eigenvalue weighted by molar-refractivity contribution is 0.0389. The molecule has 0 bridgehead atoms. The predicted molar refractivity (Wildman–Crippen MR) is 70.3 cm³/mol. The Morgan fingerprint density at radius 2 is 0.682 bits per heavy atom. The predicted octanol–water partition coefficient (Wildman–Crippen LogP) is 2.63. The van der Waals surface area contributed by atoms with Crippen molar-refractivity contribution in [3.8, 4) is 0 Å². The average molecular weight is 324 g/mol. The van der Waals surface area contributed by atoms with Gasteiger partial charge in [-0.25, -0.2) is 19.2 Å². The van der Waals surface area contributed by atoms with Gasteiger partial charge in [-0.05, 0) is 27.7 Å². The van der Waals surface area contributed by atoms with E-state index in [1.165, 1.54) is 0 Å². The molecule has 10 heteroatoms. The molecule has 0 N–H and O–H groups in total. The number of ether oxygens (including phenoxy) is 6. The Kier molecular flexibility index (Phi) is 14.7. The van der Waals surface area contributed by atoms with E-state index in [1.54, 1.807) is 27.7 Å². The van der Waals surface area contributed by atoms with Crippen LogP contribution in [0.2, 0.25) is 0 Å². The van der Waals surface area contributed by atoms with E-state index in [9.17, 15) is 19.2 Å². The largest absolute Gasteiger partial charge is 0.518 e. The van der Waals surface area contributed by atoms with Crippen LogP contribution >= 0.6 is 0 Å². The molecule has 0 rings (SSSR count). The van der Waals surface area contributed by atoms with Crippen LogP contribution < -0.4 is 0 Å². The first-order chi connectivity index (χ1) is 10.4. The Morgan fingerprint density at radius 1 is 0.500 bits per heavy atom. The molecule has 0 unspecified atom stereocenters. The van der Waals surface area contributed by atoms with Gasteiger partial charge in [0.1, 0.15) is 0 Å². The molecule has 22 heavy (non-hydrogen) atoms. The molecule has 0 radical (unpaired) electrons. The summed E-state index contributed by atoms with van der Waals surface area (Å²) in [6.45, 7) is 7.07. The second kappa shape index (κ2) is 14.9. The molecule has 0 spiro atoms. The Balaban J connectivity index is 0. The van der Waals surface area contributed by atoms with Gasteiger partial charge in [0, 0.05) is 0 Å². The summed E-state index contributed by atoms with van der Waals surface area (Å²) in [7, 11) is 0. The van der Waals surface area contributed by atoms with Crippen LogP contribution in [0.3, 0.4) is 0 Å². The van der Waals surface area contributed by atoms with Crippen LogP contribution in [0.15, 0.2) is 0 Å². The van der Waals surface area contributed by atoms with Gasteiger partial charge >= 0.3 is 24.6 Å². The SMILES string of the molecule is CCOC(=O)OC(=O)OCC.CCOC(=O)OC(=O)OCC. The molecule has 0 saturated carbocycles. The summed E-state index contributed by atoms with van der Waals surface area (Å²) in [5, 5.41) is 0. The first kappa shape index (κ1) is 21.8. The van der Waals surface area contributed by atoms with Gasteiger partial charge in [0.25, 0.3) is 0 Å². The van der Waals surface area contributed by atoms with Gasteiger partial charge in [0.2, 0.25) is 0 Å². The minimum atomic E-state index is -1.04. The maximum atomic E-state index is 10.4. The van der Waals surface area contributed by atoms with Gasteiger partial charge in [-0.1, -0.05) is 0 Å². The third-order valence-corrected chi connectivity index (χ3v) is 1.38. The maximum Gasteiger partial charge on any atom is 0.518 e. The van der Waals surface area contributed by atoms with E-state index in [2.05, 4.69) is 28.4 Å². The third-order valence-electron chi connectivity index (χ3n) is 1.38. The van der Waals surface area contributed by atoms with E-state index in [0.29, 0.717) is 0 Å². The highest BCUT2D eigenvalue weighted by Crippen LogP contribution is 1.90. The molecule has 0 atom stereocenters. The van der Waals surface area contributed by atoms with E-state index >= 15 is 0 Å². The van der Waals surface area contributed by atoms with E-state index < -0.39 is 24.6 Å². The number of hydrogen-bond donors (Lipinski definition) is 0. The van der Waals surface area contributed by atoms with E-state index in [0.717, 1.165) is 0 Å². The van der Waals surface area contributed by atoms with Crippen molar-refractivity contribution in [3.63, 3.8) is 0 Å². The summed E-state index contributed by atoms with van der Waals surface area (Å²) in [6.07, 6.45) is -4.14. The highest BCUT2D eigenvalue weighted by atomic mass is 16.8. The van der Waals surface area contributed by atoms with Gasteiger partial charge in [-0.2, -0.15) is 0 Å². The highest BCUT2D eigenvalue weighted by Gasteiger charge is 2.11. The lowest BCUT2D eigenvalue weighted by Crippen LogP contribution is -2.14. The molecule has 0 aromatic carbocycles. The molecule has 0 fully saturated rings. The van der Waals surface area contributed by atoms with Gasteiger partial charge < -0.3 is 28.4 Å². The average Bonchev–Trinajstić information content (AvgIpc) is 2.40.